The summed E-state index contributed by atoms with van der Waals surface area (Å²) in [6, 6.07) is 0. The Kier molecular flexibility index (Phi) is 4.41. The minimum absolute atomic E-state index is 0.00901. The Bertz CT molecular complexity index is 420. The van der Waals surface area contributed by atoms with Crippen LogP contribution in [0.25, 0.3) is 0 Å². The van der Waals surface area contributed by atoms with Crippen LogP contribution in [0, 0.1) is 0 Å². The van der Waals surface area contributed by atoms with Gasteiger partial charge in [0, 0.05) is 12.3 Å². The van der Waals surface area contributed by atoms with Crippen molar-refractivity contribution in [2.75, 3.05) is 25.5 Å². The third-order valence-corrected chi connectivity index (χ3v) is 4.17. The van der Waals surface area contributed by atoms with E-state index in [4.69, 9.17) is 0 Å². The highest BCUT2D eigenvalue weighted by Crippen LogP contribution is 2.38. The first-order valence-electron chi connectivity index (χ1n) is 5.83. The van der Waals surface area contributed by atoms with E-state index in [1.807, 2.05) is 6.08 Å². The van der Waals surface area contributed by atoms with Gasteiger partial charge in [-0.1, -0.05) is 17.7 Å². The Morgan fingerprint density at radius 3 is 3.06 bits per heavy atom. The number of alkyl halides is 1. The van der Waals surface area contributed by atoms with E-state index in [0.717, 1.165) is 17.7 Å². The summed E-state index contributed by atoms with van der Waals surface area (Å²) in [6.45, 7) is -0.702. The van der Waals surface area contributed by atoms with Crippen molar-refractivity contribution in [2.24, 2.45) is 0 Å². The second kappa shape index (κ2) is 6.04. The standard InChI is InChI=1S/C12H15FN2O2S/c13-4-5-14-10(16)6-15-12(17)11-9-3-1-2-8(9)7-18-11/h1,3,11H,2,4-7H2,(H,14,16)(H,15,17). The highest BCUT2D eigenvalue weighted by atomic mass is 32.2. The molecule has 4 nitrogen and oxygen atoms in total. The van der Waals surface area contributed by atoms with Gasteiger partial charge in [-0.2, -0.15) is 0 Å². The van der Waals surface area contributed by atoms with Crippen molar-refractivity contribution >= 4 is 23.6 Å². The number of allylic oxidation sites excluding steroid dienone is 2. The molecular weight excluding hydrogens is 255 g/mol. The number of amides is 2. The molecule has 1 atom stereocenters. The average Bonchev–Trinajstić information content (AvgIpc) is 2.95. The molecule has 18 heavy (non-hydrogen) atoms. The molecule has 6 heteroatoms. The quantitative estimate of drug-likeness (QED) is 0.767. The van der Waals surface area contributed by atoms with Gasteiger partial charge in [0.2, 0.25) is 11.8 Å². The lowest BCUT2D eigenvalue weighted by Crippen LogP contribution is -2.41. The topological polar surface area (TPSA) is 58.2 Å². The van der Waals surface area contributed by atoms with Crippen molar-refractivity contribution in [3.8, 4) is 0 Å². The van der Waals surface area contributed by atoms with Crippen LogP contribution in [0.3, 0.4) is 0 Å². The summed E-state index contributed by atoms with van der Waals surface area (Å²) in [4.78, 5) is 23.1. The zero-order valence-electron chi connectivity index (χ0n) is 9.87. The van der Waals surface area contributed by atoms with Crippen LogP contribution in [0.5, 0.6) is 0 Å². The molecule has 1 heterocycles. The van der Waals surface area contributed by atoms with E-state index < -0.39 is 6.67 Å². The van der Waals surface area contributed by atoms with E-state index in [0.29, 0.717) is 0 Å². The van der Waals surface area contributed by atoms with Crippen LogP contribution in [0.4, 0.5) is 4.39 Å². The Morgan fingerprint density at radius 1 is 1.44 bits per heavy atom. The summed E-state index contributed by atoms with van der Waals surface area (Å²) >= 11 is 1.58. The number of halogens is 1. The van der Waals surface area contributed by atoms with Gasteiger partial charge in [-0.05, 0) is 12.0 Å². The van der Waals surface area contributed by atoms with Gasteiger partial charge in [0.15, 0.2) is 0 Å². The number of carbonyl (C=O) groups excluding carboxylic acids is 2. The van der Waals surface area contributed by atoms with E-state index >= 15 is 0 Å². The van der Waals surface area contributed by atoms with Crippen molar-refractivity contribution < 1.29 is 14.0 Å². The van der Waals surface area contributed by atoms with Gasteiger partial charge in [0.05, 0.1) is 6.54 Å². The van der Waals surface area contributed by atoms with Crippen LogP contribution < -0.4 is 10.6 Å². The van der Waals surface area contributed by atoms with E-state index in [1.165, 1.54) is 5.57 Å². The van der Waals surface area contributed by atoms with Gasteiger partial charge in [0.1, 0.15) is 11.9 Å². The first-order chi connectivity index (χ1) is 8.72. The smallest absolute Gasteiger partial charge is 0.239 e. The molecule has 2 N–H and O–H groups in total. The molecule has 98 valence electrons. The third-order valence-electron chi connectivity index (χ3n) is 2.85. The molecule has 1 aliphatic heterocycles. The van der Waals surface area contributed by atoms with Crippen LogP contribution in [-0.4, -0.2) is 42.6 Å². The summed E-state index contributed by atoms with van der Waals surface area (Å²) < 4.78 is 11.8. The van der Waals surface area contributed by atoms with Crippen LogP contribution in [0.15, 0.2) is 23.3 Å². The molecule has 0 saturated carbocycles. The summed E-state index contributed by atoms with van der Waals surface area (Å²) in [5, 5.41) is 4.75. The number of hydrogen-bond acceptors (Lipinski definition) is 3. The van der Waals surface area contributed by atoms with Crippen molar-refractivity contribution in [1.82, 2.24) is 10.6 Å². The first-order valence-corrected chi connectivity index (χ1v) is 6.87. The molecular formula is C12H15FN2O2S. The fourth-order valence-electron chi connectivity index (χ4n) is 1.98. The Balaban J connectivity index is 1.79. The van der Waals surface area contributed by atoms with Gasteiger partial charge in [-0.25, -0.2) is 4.39 Å². The molecule has 0 fully saturated rings. The van der Waals surface area contributed by atoms with Crippen LogP contribution in [0.2, 0.25) is 0 Å². The highest BCUT2D eigenvalue weighted by molar-refractivity contribution is 8.01. The summed E-state index contributed by atoms with van der Waals surface area (Å²) in [5.74, 6) is 0.376. The lowest BCUT2D eigenvalue weighted by molar-refractivity contribution is -0.125. The predicted octanol–water partition coefficient (Wildman–Crippen LogP) is 0.560. The fourth-order valence-corrected chi connectivity index (χ4v) is 3.29. The van der Waals surface area contributed by atoms with Gasteiger partial charge in [-0.3, -0.25) is 9.59 Å². The zero-order chi connectivity index (χ0) is 13.0. The number of carbonyl (C=O) groups is 2. The summed E-state index contributed by atoms with van der Waals surface area (Å²) in [5.41, 5.74) is 2.39. The van der Waals surface area contributed by atoms with Gasteiger partial charge >= 0.3 is 0 Å². The monoisotopic (exact) mass is 270 g/mol. The maximum atomic E-state index is 11.9. The Hall–Kier alpha value is -1.30. The molecule has 0 spiro atoms. The minimum Gasteiger partial charge on any atom is -0.352 e. The molecule has 0 radical (unpaired) electrons. The van der Waals surface area contributed by atoms with Crippen molar-refractivity contribution in [3.63, 3.8) is 0 Å². The van der Waals surface area contributed by atoms with Crippen LogP contribution >= 0.6 is 11.8 Å². The fraction of sp³-hybridized carbons (Fsp3) is 0.500. The highest BCUT2D eigenvalue weighted by Gasteiger charge is 2.31. The first kappa shape index (κ1) is 13.1. The lowest BCUT2D eigenvalue weighted by Gasteiger charge is -2.11. The molecule has 0 aromatic rings. The van der Waals surface area contributed by atoms with Gasteiger partial charge in [-0.15, -0.1) is 11.8 Å². The molecule has 1 unspecified atom stereocenters. The summed E-state index contributed by atoms with van der Waals surface area (Å²) in [7, 11) is 0. The maximum absolute atomic E-state index is 11.9. The van der Waals surface area contributed by atoms with E-state index in [9.17, 15) is 14.0 Å². The second-order valence-corrected chi connectivity index (χ2v) is 5.21. The van der Waals surface area contributed by atoms with Crippen molar-refractivity contribution in [3.05, 3.63) is 23.3 Å². The van der Waals surface area contributed by atoms with Crippen molar-refractivity contribution in [1.29, 1.82) is 0 Å². The molecule has 1 aliphatic carbocycles. The SMILES string of the molecule is O=C(CNC(=O)C1SCC2=C1C=CC2)NCCF. The second-order valence-electron chi connectivity index (χ2n) is 4.11. The van der Waals surface area contributed by atoms with E-state index in [-0.39, 0.29) is 30.2 Å². The van der Waals surface area contributed by atoms with E-state index in [1.54, 1.807) is 11.8 Å². The van der Waals surface area contributed by atoms with E-state index in [2.05, 4.69) is 16.7 Å². The zero-order valence-corrected chi connectivity index (χ0v) is 10.7. The molecule has 0 aromatic carbocycles. The molecule has 2 rings (SSSR count). The van der Waals surface area contributed by atoms with Gasteiger partial charge < -0.3 is 10.6 Å². The molecule has 0 aromatic heterocycles. The number of thioether (sulfide) groups is 1. The molecule has 0 bridgehead atoms. The third kappa shape index (κ3) is 2.93. The van der Waals surface area contributed by atoms with Gasteiger partial charge in [0.25, 0.3) is 0 Å². The molecule has 0 saturated heterocycles. The normalized spacial score (nSPS) is 21.1. The molecule has 2 aliphatic rings. The number of nitrogens with one attached hydrogen (secondary N) is 2. The average molecular weight is 270 g/mol. The van der Waals surface area contributed by atoms with Crippen molar-refractivity contribution in [2.45, 2.75) is 11.7 Å². The predicted molar refractivity (Wildman–Crippen MR) is 69.0 cm³/mol. The largest absolute Gasteiger partial charge is 0.352 e. The molecule has 2 amide bonds. The lowest BCUT2D eigenvalue weighted by atomic mass is 10.1. The Labute approximate surface area is 109 Å². The Morgan fingerprint density at radius 2 is 2.28 bits per heavy atom. The van der Waals surface area contributed by atoms with Crippen LogP contribution in [0.1, 0.15) is 6.42 Å². The maximum Gasteiger partial charge on any atom is 0.239 e. The number of hydrogen-bond donors (Lipinski definition) is 2. The summed E-state index contributed by atoms with van der Waals surface area (Å²) in [6.07, 6.45) is 4.98. The minimum atomic E-state index is -0.598. The van der Waals surface area contributed by atoms with Crippen LogP contribution in [-0.2, 0) is 9.59 Å². The number of rotatable bonds is 5.